The quantitative estimate of drug-likeness (QED) is 0.182. The number of hydrogen-bond donors (Lipinski definition) is 0. The molecule has 3 heteroatoms. The first kappa shape index (κ1) is 26.7. The molecule has 3 aromatic carbocycles. The topological polar surface area (TPSA) is 11.0 Å². The zero-order chi connectivity index (χ0) is 28.2. The standard InChI is InChI=1S/C38H39N3/c1-4-39-26-23-30(33-13-7-10-16-36(33)39)21-19-29(32-25-28-41(6-3)38-18-12-9-15-35(32)38)20-22-31-24-27-40(5-2)37-17-11-8-14-34(31)37/h7-19,21,23-28H,4-6,20,22H2,1-3H3/q+2. The van der Waals surface area contributed by atoms with Crippen molar-refractivity contribution in [3.05, 3.63) is 138 Å². The monoisotopic (exact) mass is 537 g/mol. The zero-order valence-electron chi connectivity index (χ0n) is 24.4. The molecule has 0 saturated carbocycles. The second-order valence-corrected chi connectivity index (χ2v) is 10.6. The lowest BCUT2D eigenvalue weighted by atomic mass is 9.93. The maximum absolute atomic E-state index is 2.37. The van der Waals surface area contributed by atoms with Gasteiger partial charge < -0.3 is 4.90 Å². The molecule has 3 nitrogen and oxygen atoms in total. The number of aromatic nitrogens is 2. The molecule has 2 aromatic heterocycles. The van der Waals surface area contributed by atoms with Crippen molar-refractivity contribution in [3.63, 3.8) is 0 Å². The van der Waals surface area contributed by atoms with Crippen LogP contribution in [-0.2, 0) is 19.5 Å². The minimum absolute atomic E-state index is 0.951. The van der Waals surface area contributed by atoms with Crippen LogP contribution in [0.2, 0.25) is 0 Å². The van der Waals surface area contributed by atoms with Gasteiger partial charge in [-0.05, 0) is 80.2 Å². The Bertz CT molecular complexity index is 1810. The van der Waals surface area contributed by atoms with Gasteiger partial charge in [0.25, 0.3) is 0 Å². The Morgan fingerprint density at radius 3 is 2.15 bits per heavy atom. The van der Waals surface area contributed by atoms with Crippen LogP contribution in [0, 0.1) is 0 Å². The average molecular weight is 538 g/mol. The highest BCUT2D eigenvalue weighted by atomic mass is 15.1. The summed E-state index contributed by atoms with van der Waals surface area (Å²) in [7, 11) is 0. The van der Waals surface area contributed by atoms with E-state index in [9.17, 15) is 0 Å². The maximum atomic E-state index is 2.37. The smallest absolute Gasteiger partial charge is 0.213 e. The van der Waals surface area contributed by atoms with Crippen molar-refractivity contribution in [3.8, 4) is 0 Å². The molecule has 6 rings (SSSR count). The predicted molar refractivity (Wildman–Crippen MR) is 173 cm³/mol. The first-order valence-electron chi connectivity index (χ1n) is 15.0. The number of nitrogens with zero attached hydrogens (tertiary/aromatic N) is 3. The molecule has 0 amide bonds. The van der Waals surface area contributed by atoms with Gasteiger partial charge in [0.15, 0.2) is 12.4 Å². The van der Waals surface area contributed by atoms with Gasteiger partial charge in [0.05, 0.1) is 5.39 Å². The first-order chi connectivity index (χ1) is 20.2. The summed E-state index contributed by atoms with van der Waals surface area (Å²) in [5, 5.41) is 2.65. The van der Waals surface area contributed by atoms with E-state index < -0.39 is 0 Å². The molecule has 41 heavy (non-hydrogen) atoms. The Morgan fingerprint density at radius 2 is 1.39 bits per heavy atom. The van der Waals surface area contributed by atoms with Gasteiger partial charge in [-0.3, -0.25) is 0 Å². The summed E-state index contributed by atoms with van der Waals surface area (Å²) in [4.78, 5) is 2.31. The first-order valence-corrected chi connectivity index (χ1v) is 15.0. The lowest BCUT2D eigenvalue weighted by Crippen LogP contribution is -2.32. The van der Waals surface area contributed by atoms with Gasteiger partial charge in [-0.2, -0.15) is 9.13 Å². The molecule has 0 fully saturated rings. The number of hydrogen-bond acceptors (Lipinski definition) is 1. The van der Waals surface area contributed by atoms with E-state index in [-0.39, 0.29) is 0 Å². The lowest BCUT2D eigenvalue weighted by Gasteiger charge is -2.26. The van der Waals surface area contributed by atoms with E-state index >= 15 is 0 Å². The van der Waals surface area contributed by atoms with Crippen LogP contribution in [0.3, 0.4) is 0 Å². The largest absolute Gasteiger partial charge is 0.348 e. The fourth-order valence-electron chi connectivity index (χ4n) is 6.18. The molecule has 0 N–H and O–H groups in total. The Balaban J connectivity index is 1.45. The number of aryl methyl sites for hydroxylation is 3. The molecular weight excluding hydrogens is 498 g/mol. The molecule has 1 aliphatic heterocycles. The number of benzene rings is 3. The van der Waals surface area contributed by atoms with Gasteiger partial charge in [0.1, 0.15) is 13.1 Å². The molecule has 0 unspecified atom stereocenters. The number of para-hydroxylation sites is 3. The summed E-state index contributed by atoms with van der Waals surface area (Å²) in [5.41, 5.74) is 10.5. The molecule has 3 heterocycles. The van der Waals surface area contributed by atoms with Crippen molar-refractivity contribution in [2.24, 2.45) is 0 Å². The SMILES string of the molecule is CCN1C=C/C(=C/C=C(/CCc2cc[n+](CC)c3ccccc23)c2cc[n+](CC)c3ccccc23)c2ccccc21. The van der Waals surface area contributed by atoms with Gasteiger partial charge in [-0.1, -0.05) is 54.6 Å². The third-order valence-corrected chi connectivity index (χ3v) is 8.39. The molecule has 0 aliphatic carbocycles. The van der Waals surface area contributed by atoms with E-state index in [2.05, 4.69) is 157 Å². The van der Waals surface area contributed by atoms with Crippen molar-refractivity contribution in [2.75, 3.05) is 11.4 Å². The maximum Gasteiger partial charge on any atom is 0.213 e. The summed E-state index contributed by atoms with van der Waals surface area (Å²) in [6, 6.07) is 31.0. The van der Waals surface area contributed by atoms with Crippen molar-refractivity contribution >= 4 is 38.6 Å². The van der Waals surface area contributed by atoms with Crippen molar-refractivity contribution in [2.45, 2.75) is 46.7 Å². The summed E-state index contributed by atoms with van der Waals surface area (Å²) >= 11 is 0. The number of fused-ring (bicyclic) bond motifs is 3. The van der Waals surface area contributed by atoms with Crippen molar-refractivity contribution in [1.29, 1.82) is 0 Å². The molecule has 5 aromatic rings. The minimum Gasteiger partial charge on any atom is -0.348 e. The minimum atomic E-state index is 0.951. The number of pyridine rings is 2. The Kier molecular flexibility index (Phi) is 7.78. The molecule has 1 aliphatic rings. The van der Waals surface area contributed by atoms with Crippen LogP contribution in [0.4, 0.5) is 5.69 Å². The number of anilines is 1. The Morgan fingerprint density at radius 1 is 0.732 bits per heavy atom. The fraction of sp³-hybridized carbons (Fsp3) is 0.211. The van der Waals surface area contributed by atoms with Gasteiger partial charge >= 0.3 is 0 Å². The van der Waals surface area contributed by atoms with Gasteiger partial charge in [-0.25, -0.2) is 0 Å². The van der Waals surface area contributed by atoms with Crippen molar-refractivity contribution < 1.29 is 9.13 Å². The molecule has 0 saturated heterocycles. The third kappa shape index (κ3) is 5.20. The number of rotatable bonds is 8. The zero-order valence-corrected chi connectivity index (χ0v) is 24.4. The highest BCUT2D eigenvalue weighted by molar-refractivity contribution is 5.92. The molecule has 204 valence electrons. The third-order valence-electron chi connectivity index (χ3n) is 8.39. The van der Waals surface area contributed by atoms with Gasteiger partial charge in [0, 0.05) is 53.6 Å². The Labute approximate surface area is 244 Å². The van der Waals surface area contributed by atoms with E-state index in [1.807, 2.05) is 0 Å². The fourth-order valence-corrected chi connectivity index (χ4v) is 6.18. The lowest BCUT2D eigenvalue weighted by molar-refractivity contribution is -0.668. The summed E-state index contributed by atoms with van der Waals surface area (Å²) < 4.78 is 4.67. The van der Waals surface area contributed by atoms with E-state index in [1.165, 1.54) is 55.3 Å². The second kappa shape index (κ2) is 11.9. The molecule has 0 bridgehead atoms. The second-order valence-electron chi connectivity index (χ2n) is 10.6. The van der Waals surface area contributed by atoms with E-state index in [0.29, 0.717) is 0 Å². The normalized spacial score (nSPS) is 14.3. The number of allylic oxidation sites excluding steroid dienone is 5. The molecular formula is C38H39N3+2. The van der Waals surface area contributed by atoms with Crippen LogP contribution in [0.15, 0.2) is 122 Å². The highest BCUT2D eigenvalue weighted by Gasteiger charge is 2.17. The Hall–Kier alpha value is -4.50. The summed E-state index contributed by atoms with van der Waals surface area (Å²) in [6.07, 6.45) is 15.6. The van der Waals surface area contributed by atoms with Crippen LogP contribution in [0.1, 0.15) is 43.9 Å². The highest BCUT2D eigenvalue weighted by Crippen LogP contribution is 2.34. The van der Waals surface area contributed by atoms with Gasteiger partial charge in [0.2, 0.25) is 11.0 Å². The summed E-state index contributed by atoms with van der Waals surface area (Å²) in [6.45, 7) is 9.50. The predicted octanol–water partition coefficient (Wildman–Crippen LogP) is 8.06. The summed E-state index contributed by atoms with van der Waals surface area (Å²) in [5.74, 6) is 0. The molecule has 0 radical (unpaired) electrons. The van der Waals surface area contributed by atoms with Crippen LogP contribution < -0.4 is 14.0 Å². The van der Waals surface area contributed by atoms with Crippen LogP contribution in [0.25, 0.3) is 33.0 Å². The van der Waals surface area contributed by atoms with Crippen molar-refractivity contribution in [1.82, 2.24) is 0 Å². The van der Waals surface area contributed by atoms with Gasteiger partial charge in [-0.15, -0.1) is 0 Å². The van der Waals surface area contributed by atoms with E-state index in [4.69, 9.17) is 0 Å². The van der Waals surface area contributed by atoms with E-state index in [0.717, 1.165) is 32.5 Å². The van der Waals surface area contributed by atoms with Crippen LogP contribution in [-0.4, -0.2) is 6.54 Å². The molecule has 0 spiro atoms. The van der Waals surface area contributed by atoms with E-state index in [1.54, 1.807) is 0 Å². The molecule has 0 atom stereocenters. The van der Waals surface area contributed by atoms with Crippen LogP contribution in [0.5, 0.6) is 0 Å². The average Bonchev–Trinajstić information content (AvgIpc) is 3.04. The van der Waals surface area contributed by atoms with Crippen LogP contribution >= 0.6 is 0 Å².